The number of aromatic hydroxyl groups is 1. The number of alkyl halides is 1. The van der Waals surface area contributed by atoms with Crippen molar-refractivity contribution < 1.29 is 9.90 Å². The standard InChI is InChI=1S/C11H14ClNO2/c1-8-4-3-5-9(10(8)14)11(15)13(2)7-6-12/h3-5,14H,6-7H2,1-2H3. The Labute approximate surface area is 94.3 Å². The molecule has 82 valence electrons. The molecule has 0 spiro atoms. The monoisotopic (exact) mass is 227 g/mol. The maximum Gasteiger partial charge on any atom is 0.257 e. The predicted octanol–water partition coefficient (Wildman–Crippen LogP) is 2.01. The van der Waals surface area contributed by atoms with Gasteiger partial charge in [0, 0.05) is 19.5 Å². The number of para-hydroxylation sites is 1. The molecule has 0 atom stereocenters. The number of hydrogen-bond acceptors (Lipinski definition) is 2. The lowest BCUT2D eigenvalue weighted by molar-refractivity contribution is 0.0800. The highest BCUT2D eigenvalue weighted by molar-refractivity contribution is 6.18. The molecule has 1 aromatic carbocycles. The van der Waals surface area contributed by atoms with E-state index in [0.29, 0.717) is 23.6 Å². The Morgan fingerprint density at radius 2 is 2.20 bits per heavy atom. The lowest BCUT2D eigenvalue weighted by Crippen LogP contribution is -2.28. The summed E-state index contributed by atoms with van der Waals surface area (Å²) in [4.78, 5) is 13.3. The first-order valence-electron chi connectivity index (χ1n) is 4.68. The van der Waals surface area contributed by atoms with Gasteiger partial charge in [-0.05, 0) is 18.6 Å². The third-order valence-corrected chi connectivity index (χ3v) is 2.40. The van der Waals surface area contributed by atoms with Gasteiger partial charge < -0.3 is 10.0 Å². The van der Waals surface area contributed by atoms with Gasteiger partial charge in [0.2, 0.25) is 0 Å². The Balaban J connectivity index is 2.96. The van der Waals surface area contributed by atoms with Crippen molar-refractivity contribution in [1.82, 2.24) is 4.90 Å². The van der Waals surface area contributed by atoms with E-state index < -0.39 is 0 Å². The number of rotatable bonds is 3. The molecular formula is C11H14ClNO2. The normalized spacial score (nSPS) is 10.1. The number of phenolic OH excluding ortho intramolecular Hbond substituents is 1. The average Bonchev–Trinajstić information content (AvgIpc) is 2.21. The number of halogens is 1. The highest BCUT2D eigenvalue weighted by atomic mass is 35.5. The van der Waals surface area contributed by atoms with E-state index in [9.17, 15) is 9.90 Å². The van der Waals surface area contributed by atoms with Crippen molar-refractivity contribution in [3.63, 3.8) is 0 Å². The molecule has 15 heavy (non-hydrogen) atoms. The van der Waals surface area contributed by atoms with Crippen LogP contribution in [0.5, 0.6) is 5.75 Å². The molecule has 1 N–H and O–H groups in total. The minimum Gasteiger partial charge on any atom is -0.507 e. The molecule has 1 aromatic rings. The molecule has 1 rings (SSSR count). The van der Waals surface area contributed by atoms with Gasteiger partial charge in [-0.25, -0.2) is 0 Å². The third kappa shape index (κ3) is 2.63. The number of amides is 1. The zero-order valence-corrected chi connectivity index (χ0v) is 9.58. The summed E-state index contributed by atoms with van der Waals surface area (Å²) < 4.78 is 0. The lowest BCUT2D eigenvalue weighted by Gasteiger charge is -2.16. The van der Waals surface area contributed by atoms with Crippen LogP contribution in [0.3, 0.4) is 0 Å². The number of benzene rings is 1. The second-order valence-electron chi connectivity index (χ2n) is 3.39. The molecule has 0 saturated carbocycles. The van der Waals surface area contributed by atoms with Crippen LogP contribution in [0, 0.1) is 6.92 Å². The van der Waals surface area contributed by atoms with Gasteiger partial charge >= 0.3 is 0 Å². The second-order valence-corrected chi connectivity index (χ2v) is 3.76. The van der Waals surface area contributed by atoms with Crippen molar-refractivity contribution in [3.05, 3.63) is 29.3 Å². The fraction of sp³-hybridized carbons (Fsp3) is 0.364. The molecule has 0 radical (unpaired) electrons. The van der Waals surface area contributed by atoms with Crippen LogP contribution in [0.25, 0.3) is 0 Å². The molecule has 0 aromatic heterocycles. The predicted molar refractivity (Wildman–Crippen MR) is 60.5 cm³/mol. The summed E-state index contributed by atoms with van der Waals surface area (Å²) in [6.45, 7) is 2.22. The van der Waals surface area contributed by atoms with E-state index in [1.165, 1.54) is 4.90 Å². The van der Waals surface area contributed by atoms with Gasteiger partial charge in [0.25, 0.3) is 5.91 Å². The Bertz CT molecular complexity index is 366. The number of hydrogen-bond donors (Lipinski definition) is 1. The molecule has 4 heteroatoms. The van der Waals surface area contributed by atoms with Crippen LogP contribution in [-0.2, 0) is 0 Å². The first-order valence-corrected chi connectivity index (χ1v) is 5.21. The zero-order chi connectivity index (χ0) is 11.4. The van der Waals surface area contributed by atoms with Crippen molar-refractivity contribution in [3.8, 4) is 5.75 Å². The number of nitrogens with zero attached hydrogens (tertiary/aromatic N) is 1. The summed E-state index contributed by atoms with van der Waals surface area (Å²) in [5.41, 5.74) is 1.02. The maximum atomic E-state index is 11.8. The van der Waals surface area contributed by atoms with Gasteiger partial charge in [0.1, 0.15) is 5.75 Å². The Hall–Kier alpha value is -1.22. The third-order valence-electron chi connectivity index (χ3n) is 2.23. The zero-order valence-electron chi connectivity index (χ0n) is 8.83. The van der Waals surface area contributed by atoms with Crippen LogP contribution >= 0.6 is 11.6 Å². The van der Waals surface area contributed by atoms with Gasteiger partial charge in [-0.15, -0.1) is 11.6 Å². The Morgan fingerprint density at radius 3 is 2.80 bits per heavy atom. The Kier molecular flexibility index (Phi) is 3.97. The molecule has 0 unspecified atom stereocenters. The molecule has 0 fully saturated rings. The molecule has 1 amide bonds. The fourth-order valence-electron chi connectivity index (χ4n) is 1.27. The maximum absolute atomic E-state index is 11.8. The molecule has 0 heterocycles. The average molecular weight is 228 g/mol. The minimum atomic E-state index is -0.211. The van der Waals surface area contributed by atoms with Gasteiger partial charge in [0.15, 0.2) is 0 Å². The van der Waals surface area contributed by atoms with Crippen molar-refractivity contribution in [1.29, 1.82) is 0 Å². The van der Waals surface area contributed by atoms with Gasteiger partial charge in [0.05, 0.1) is 5.56 Å². The van der Waals surface area contributed by atoms with Crippen LogP contribution in [0.15, 0.2) is 18.2 Å². The summed E-state index contributed by atoms with van der Waals surface area (Å²) >= 11 is 5.54. The molecule has 0 bridgehead atoms. The van der Waals surface area contributed by atoms with Crippen LogP contribution in [0.4, 0.5) is 0 Å². The van der Waals surface area contributed by atoms with Gasteiger partial charge in [-0.2, -0.15) is 0 Å². The smallest absolute Gasteiger partial charge is 0.257 e. The van der Waals surface area contributed by atoms with E-state index in [1.807, 2.05) is 0 Å². The number of carbonyl (C=O) groups excluding carboxylic acids is 1. The molecule has 0 aliphatic heterocycles. The van der Waals surface area contributed by atoms with Crippen LogP contribution in [0.1, 0.15) is 15.9 Å². The van der Waals surface area contributed by atoms with E-state index in [0.717, 1.165) is 0 Å². The van der Waals surface area contributed by atoms with E-state index in [4.69, 9.17) is 11.6 Å². The van der Waals surface area contributed by atoms with Crippen LogP contribution < -0.4 is 0 Å². The van der Waals surface area contributed by atoms with Crippen LogP contribution in [0.2, 0.25) is 0 Å². The van der Waals surface area contributed by atoms with Crippen molar-refractivity contribution in [2.45, 2.75) is 6.92 Å². The van der Waals surface area contributed by atoms with Crippen molar-refractivity contribution in [2.75, 3.05) is 19.5 Å². The van der Waals surface area contributed by atoms with Gasteiger partial charge in [-0.3, -0.25) is 4.79 Å². The van der Waals surface area contributed by atoms with E-state index in [1.54, 1.807) is 32.2 Å². The molecule has 0 aliphatic rings. The van der Waals surface area contributed by atoms with E-state index in [2.05, 4.69) is 0 Å². The van der Waals surface area contributed by atoms with E-state index >= 15 is 0 Å². The topological polar surface area (TPSA) is 40.5 Å². The number of aryl methyl sites for hydroxylation is 1. The quantitative estimate of drug-likeness (QED) is 0.803. The van der Waals surface area contributed by atoms with Crippen molar-refractivity contribution >= 4 is 17.5 Å². The minimum absolute atomic E-state index is 0.0453. The summed E-state index contributed by atoms with van der Waals surface area (Å²) in [5.74, 6) is 0.218. The molecular weight excluding hydrogens is 214 g/mol. The Morgan fingerprint density at radius 1 is 1.53 bits per heavy atom. The molecule has 0 aliphatic carbocycles. The summed E-state index contributed by atoms with van der Waals surface area (Å²) in [6.07, 6.45) is 0. The first-order chi connectivity index (χ1) is 7.07. The fourth-order valence-corrected chi connectivity index (χ4v) is 1.52. The number of carbonyl (C=O) groups is 1. The highest BCUT2D eigenvalue weighted by Crippen LogP contribution is 2.22. The lowest BCUT2D eigenvalue weighted by atomic mass is 10.1. The number of phenols is 1. The summed E-state index contributed by atoms with van der Waals surface area (Å²) in [6, 6.07) is 5.11. The van der Waals surface area contributed by atoms with Gasteiger partial charge in [-0.1, -0.05) is 12.1 Å². The van der Waals surface area contributed by atoms with Crippen molar-refractivity contribution in [2.24, 2.45) is 0 Å². The van der Waals surface area contributed by atoms with E-state index in [-0.39, 0.29) is 11.7 Å². The molecule has 3 nitrogen and oxygen atoms in total. The first kappa shape index (κ1) is 11.9. The second kappa shape index (κ2) is 5.03. The highest BCUT2D eigenvalue weighted by Gasteiger charge is 2.15. The largest absolute Gasteiger partial charge is 0.507 e. The molecule has 0 saturated heterocycles. The van der Waals surface area contributed by atoms with Crippen LogP contribution in [-0.4, -0.2) is 35.4 Å². The SMILES string of the molecule is Cc1cccc(C(=O)N(C)CCCl)c1O. The summed E-state index contributed by atoms with van der Waals surface area (Å²) in [7, 11) is 1.66. The summed E-state index contributed by atoms with van der Waals surface area (Å²) in [5, 5.41) is 9.70.